The number of carbonyl (C=O) groups is 1. The first-order valence-corrected chi connectivity index (χ1v) is 13.6. The molecule has 7 nitrogen and oxygen atoms in total. The molecule has 0 aliphatic carbocycles. The molecule has 0 saturated carbocycles. The third-order valence-electron chi connectivity index (χ3n) is 5.22. The van der Waals surface area contributed by atoms with Crippen molar-refractivity contribution in [3.8, 4) is 0 Å². The van der Waals surface area contributed by atoms with Gasteiger partial charge in [0.05, 0.1) is 30.8 Å². The summed E-state index contributed by atoms with van der Waals surface area (Å²) in [4.78, 5) is 25.3. The Balaban J connectivity index is 1.66. The number of nitrogens with zero attached hydrogens (tertiary/aromatic N) is 2. The number of sulfonamides is 1. The van der Waals surface area contributed by atoms with E-state index in [1.54, 1.807) is 41.0 Å². The van der Waals surface area contributed by atoms with Crippen LogP contribution in [0.5, 0.6) is 0 Å². The minimum Gasteiger partial charge on any atom is -0.324 e. The van der Waals surface area contributed by atoms with Gasteiger partial charge in [-0.25, -0.2) is 8.42 Å². The normalized spacial score (nSPS) is 11.7. The number of thiazole rings is 1. The van der Waals surface area contributed by atoms with E-state index < -0.39 is 22.5 Å². The lowest BCUT2D eigenvalue weighted by Gasteiger charge is -2.24. The number of carbonyl (C=O) groups excluding carboxylic acids is 1. The number of benzene rings is 3. The summed E-state index contributed by atoms with van der Waals surface area (Å²) in [5.74, 6) is -0.564. The fraction of sp³-hybridized carbons (Fsp3) is 0.167. The molecule has 3 aromatic carbocycles. The van der Waals surface area contributed by atoms with Crippen LogP contribution in [0, 0.1) is 0 Å². The van der Waals surface area contributed by atoms with E-state index in [0.29, 0.717) is 5.69 Å². The van der Waals surface area contributed by atoms with Gasteiger partial charge in [0.25, 0.3) is 10.0 Å². The van der Waals surface area contributed by atoms with Gasteiger partial charge in [0.1, 0.15) is 6.54 Å². The molecule has 0 fully saturated rings. The van der Waals surface area contributed by atoms with Gasteiger partial charge in [-0.3, -0.25) is 18.5 Å². The molecule has 0 radical (unpaired) electrons. The quantitative estimate of drug-likeness (QED) is 0.316. The number of fused-ring (bicyclic) bond motifs is 1. The molecule has 1 amide bonds. The number of aromatic nitrogens is 1. The number of nitrogens with one attached hydrogen (secondary N) is 1. The zero-order valence-electron chi connectivity index (χ0n) is 18.7. The zero-order chi connectivity index (χ0) is 25.3. The van der Waals surface area contributed by atoms with Crippen molar-refractivity contribution in [2.24, 2.45) is 0 Å². The van der Waals surface area contributed by atoms with Crippen molar-refractivity contribution < 1.29 is 13.2 Å². The predicted octanol–water partition coefficient (Wildman–Crippen LogP) is 5.78. The van der Waals surface area contributed by atoms with Crippen LogP contribution in [0.2, 0.25) is 10.0 Å². The molecular weight excluding hydrogens is 529 g/mol. The Morgan fingerprint density at radius 2 is 1.74 bits per heavy atom. The predicted molar refractivity (Wildman–Crippen MR) is 143 cm³/mol. The molecule has 1 heterocycles. The summed E-state index contributed by atoms with van der Waals surface area (Å²) in [6, 6.07) is 17.3. The molecule has 0 saturated heterocycles. The molecule has 0 aliphatic rings. The van der Waals surface area contributed by atoms with Crippen LogP contribution in [-0.2, 0) is 14.8 Å². The van der Waals surface area contributed by atoms with Gasteiger partial charge in [-0.05, 0) is 62.4 Å². The number of halogens is 2. The van der Waals surface area contributed by atoms with Gasteiger partial charge in [-0.15, -0.1) is 0 Å². The maximum Gasteiger partial charge on any atom is 0.308 e. The summed E-state index contributed by atoms with van der Waals surface area (Å²) in [5, 5.41) is 3.15. The molecule has 1 aromatic heterocycles. The summed E-state index contributed by atoms with van der Waals surface area (Å²) in [6.07, 6.45) is 0. The Kier molecular flexibility index (Phi) is 7.23. The van der Waals surface area contributed by atoms with E-state index in [0.717, 1.165) is 25.9 Å². The van der Waals surface area contributed by atoms with Crippen molar-refractivity contribution in [3.63, 3.8) is 0 Å². The highest BCUT2D eigenvalue weighted by Gasteiger charge is 2.27. The SMILES string of the molecule is CC(C)n1c(=O)sc2cc(NC(=O)CN(c3ccc(Cl)c(Cl)c3)S(=O)(=O)c3ccccc3)ccc21. The number of amides is 1. The summed E-state index contributed by atoms with van der Waals surface area (Å²) in [7, 11) is -4.09. The average molecular weight is 550 g/mol. The maximum atomic E-state index is 13.4. The van der Waals surface area contributed by atoms with Gasteiger partial charge in [-0.2, -0.15) is 0 Å². The first-order chi connectivity index (χ1) is 16.6. The number of hydrogen-bond donors (Lipinski definition) is 1. The van der Waals surface area contributed by atoms with Gasteiger partial charge in [0.2, 0.25) is 5.91 Å². The summed E-state index contributed by atoms with van der Waals surface area (Å²) in [5.41, 5.74) is 1.42. The first-order valence-electron chi connectivity index (χ1n) is 10.6. The van der Waals surface area contributed by atoms with Crippen molar-refractivity contribution >= 4 is 72.1 Å². The van der Waals surface area contributed by atoms with Crippen molar-refractivity contribution in [1.29, 1.82) is 0 Å². The smallest absolute Gasteiger partial charge is 0.308 e. The fourth-order valence-corrected chi connectivity index (χ4v) is 6.39. The molecule has 0 aliphatic heterocycles. The standard InChI is InChI=1S/C24H21Cl2N3O4S2/c1-15(2)29-21-11-8-16(12-22(21)34-24(29)31)27-23(30)14-28(17-9-10-19(25)20(26)13-17)35(32,33)18-6-4-3-5-7-18/h3-13,15H,14H2,1-2H3,(H,27,30). The van der Waals surface area contributed by atoms with Gasteiger partial charge in [-0.1, -0.05) is 52.7 Å². The maximum absolute atomic E-state index is 13.4. The highest BCUT2D eigenvalue weighted by Crippen LogP contribution is 2.31. The van der Waals surface area contributed by atoms with Crippen LogP contribution in [-0.4, -0.2) is 25.4 Å². The Labute approximate surface area is 216 Å². The molecule has 4 aromatic rings. The largest absolute Gasteiger partial charge is 0.324 e. The van der Waals surface area contributed by atoms with Gasteiger partial charge < -0.3 is 5.32 Å². The fourth-order valence-electron chi connectivity index (χ4n) is 3.61. The molecule has 35 heavy (non-hydrogen) atoms. The number of rotatable bonds is 7. The average Bonchev–Trinajstić information content (AvgIpc) is 3.15. The third-order valence-corrected chi connectivity index (χ3v) is 8.67. The Morgan fingerprint density at radius 1 is 1.03 bits per heavy atom. The van der Waals surface area contributed by atoms with Crippen LogP contribution in [0.1, 0.15) is 19.9 Å². The molecule has 1 N–H and O–H groups in total. The molecule has 0 spiro atoms. The van der Waals surface area contributed by atoms with E-state index in [9.17, 15) is 18.0 Å². The van der Waals surface area contributed by atoms with E-state index in [2.05, 4.69) is 5.32 Å². The molecule has 4 rings (SSSR count). The highest BCUT2D eigenvalue weighted by molar-refractivity contribution is 7.92. The van der Waals surface area contributed by atoms with Crippen molar-refractivity contribution in [3.05, 3.63) is 86.4 Å². The lowest BCUT2D eigenvalue weighted by atomic mass is 10.2. The second kappa shape index (κ2) is 10.0. The van der Waals surface area contributed by atoms with Crippen LogP contribution in [0.3, 0.4) is 0 Å². The molecule has 0 bridgehead atoms. The van der Waals surface area contributed by atoms with E-state index in [1.807, 2.05) is 13.8 Å². The van der Waals surface area contributed by atoms with Crippen LogP contribution in [0.4, 0.5) is 11.4 Å². The Hall–Kier alpha value is -2.85. The van der Waals surface area contributed by atoms with Crippen LogP contribution >= 0.6 is 34.5 Å². The van der Waals surface area contributed by atoms with Crippen molar-refractivity contribution in [1.82, 2.24) is 4.57 Å². The molecule has 0 unspecified atom stereocenters. The van der Waals surface area contributed by atoms with Gasteiger partial charge >= 0.3 is 4.87 Å². The minimum absolute atomic E-state index is 0.000331. The highest BCUT2D eigenvalue weighted by atomic mass is 35.5. The summed E-state index contributed by atoms with van der Waals surface area (Å²) < 4.78 is 30.2. The van der Waals surface area contributed by atoms with Gasteiger partial charge in [0.15, 0.2) is 0 Å². The first kappa shape index (κ1) is 25.2. The monoisotopic (exact) mass is 549 g/mol. The van der Waals surface area contributed by atoms with Crippen molar-refractivity contribution in [2.45, 2.75) is 24.8 Å². The lowest BCUT2D eigenvalue weighted by molar-refractivity contribution is -0.114. The van der Waals surface area contributed by atoms with Gasteiger partial charge in [0, 0.05) is 11.7 Å². The topological polar surface area (TPSA) is 88.5 Å². The van der Waals surface area contributed by atoms with E-state index in [-0.39, 0.29) is 31.5 Å². The van der Waals surface area contributed by atoms with Crippen LogP contribution in [0.15, 0.2) is 76.4 Å². The zero-order valence-corrected chi connectivity index (χ0v) is 21.9. The Bertz CT molecular complexity index is 1560. The van der Waals surface area contributed by atoms with Crippen LogP contribution in [0.25, 0.3) is 10.2 Å². The third kappa shape index (κ3) is 5.23. The summed E-state index contributed by atoms with van der Waals surface area (Å²) in [6.45, 7) is 3.35. The molecule has 182 valence electrons. The lowest BCUT2D eigenvalue weighted by Crippen LogP contribution is -2.38. The van der Waals surface area contributed by atoms with Crippen LogP contribution < -0.4 is 14.5 Å². The summed E-state index contributed by atoms with van der Waals surface area (Å²) >= 11 is 13.2. The Morgan fingerprint density at radius 3 is 2.40 bits per heavy atom. The molecule has 11 heteroatoms. The second-order valence-electron chi connectivity index (χ2n) is 7.99. The minimum atomic E-state index is -4.09. The second-order valence-corrected chi connectivity index (χ2v) is 11.7. The molecule has 0 atom stereocenters. The molecular formula is C24H21Cl2N3O4S2. The number of hydrogen-bond acceptors (Lipinski definition) is 5. The van der Waals surface area contributed by atoms with E-state index in [1.165, 1.54) is 30.3 Å². The van der Waals surface area contributed by atoms with Crippen molar-refractivity contribution in [2.75, 3.05) is 16.2 Å². The number of anilines is 2. The van der Waals surface area contributed by atoms with E-state index in [4.69, 9.17) is 23.2 Å². The van der Waals surface area contributed by atoms with E-state index >= 15 is 0 Å².